The Bertz CT molecular complexity index is 420. The Balaban J connectivity index is 2.87. The number of nitrogens with one attached hydrogen (secondary N) is 1. The zero-order chi connectivity index (χ0) is 15.9. The first kappa shape index (κ1) is 18.0. The van der Waals surface area contributed by atoms with Gasteiger partial charge in [0.1, 0.15) is 0 Å². The molecule has 1 N–H and O–H groups in total. The van der Waals surface area contributed by atoms with Gasteiger partial charge in [-0.05, 0) is 23.5 Å². The Morgan fingerprint density at radius 2 is 2.00 bits per heavy atom. The number of halogens is 3. The van der Waals surface area contributed by atoms with E-state index in [0.717, 1.165) is 18.1 Å². The number of methoxy groups -OCH3 is 1. The maximum atomic E-state index is 12.8. The molecule has 0 aliphatic rings. The van der Waals surface area contributed by atoms with Crippen LogP contribution in [0.25, 0.3) is 0 Å². The lowest BCUT2D eigenvalue weighted by molar-refractivity contribution is -0.137. The summed E-state index contributed by atoms with van der Waals surface area (Å²) >= 11 is 0. The van der Waals surface area contributed by atoms with E-state index in [4.69, 9.17) is 4.74 Å². The summed E-state index contributed by atoms with van der Waals surface area (Å²) in [4.78, 5) is 0. The Kier molecular flexibility index (Phi) is 7.18. The molecule has 0 saturated carbocycles. The minimum Gasteiger partial charge on any atom is -0.383 e. The first-order valence-corrected chi connectivity index (χ1v) is 7.27. The summed E-state index contributed by atoms with van der Waals surface area (Å²) in [7, 11) is 1.63. The van der Waals surface area contributed by atoms with Crippen LogP contribution in [0.2, 0.25) is 0 Å². The summed E-state index contributed by atoms with van der Waals surface area (Å²) in [5.41, 5.74) is 0.161. The average molecular weight is 303 g/mol. The van der Waals surface area contributed by atoms with Crippen LogP contribution in [-0.4, -0.2) is 26.8 Å². The summed E-state index contributed by atoms with van der Waals surface area (Å²) in [5, 5.41) is 3.25. The number of rotatable bonds is 8. The normalized spacial score (nSPS) is 15.0. The van der Waals surface area contributed by atoms with Gasteiger partial charge in [-0.1, -0.05) is 38.5 Å². The van der Waals surface area contributed by atoms with Crippen LogP contribution in [0, 0.1) is 5.92 Å². The fraction of sp³-hybridized carbons (Fsp3) is 0.625. The van der Waals surface area contributed by atoms with E-state index in [-0.39, 0.29) is 5.92 Å². The van der Waals surface area contributed by atoms with Gasteiger partial charge < -0.3 is 10.1 Å². The molecule has 1 aromatic carbocycles. The third-order valence-electron chi connectivity index (χ3n) is 3.82. The molecule has 0 saturated heterocycles. The van der Waals surface area contributed by atoms with Crippen molar-refractivity contribution in [2.45, 2.75) is 32.4 Å². The molecule has 1 aromatic rings. The molecule has 0 bridgehead atoms. The van der Waals surface area contributed by atoms with Crippen LogP contribution < -0.4 is 5.32 Å². The van der Waals surface area contributed by atoms with E-state index in [0.29, 0.717) is 25.6 Å². The standard InChI is InChI=1S/C16H24F3NO/c1-4-12(2)15(11-20-8-9-21-3)13-6-5-7-14(10-13)16(17,18)19/h5-7,10,12,15,20H,4,8-9,11H2,1-3H3. The third-order valence-corrected chi connectivity index (χ3v) is 3.82. The quantitative estimate of drug-likeness (QED) is 0.731. The smallest absolute Gasteiger partial charge is 0.383 e. The molecule has 0 aliphatic heterocycles. The lowest BCUT2D eigenvalue weighted by atomic mass is 9.85. The van der Waals surface area contributed by atoms with Gasteiger partial charge in [-0.2, -0.15) is 13.2 Å². The molecule has 0 heterocycles. The number of hydrogen-bond acceptors (Lipinski definition) is 2. The predicted octanol–water partition coefficient (Wildman–Crippen LogP) is 4.07. The Hall–Kier alpha value is -1.07. The topological polar surface area (TPSA) is 21.3 Å². The van der Waals surface area contributed by atoms with Crippen molar-refractivity contribution >= 4 is 0 Å². The van der Waals surface area contributed by atoms with Crippen LogP contribution in [0.15, 0.2) is 24.3 Å². The van der Waals surface area contributed by atoms with Crippen molar-refractivity contribution in [1.82, 2.24) is 5.32 Å². The van der Waals surface area contributed by atoms with Gasteiger partial charge in [0.2, 0.25) is 0 Å². The van der Waals surface area contributed by atoms with Crippen LogP contribution >= 0.6 is 0 Å². The molecule has 120 valence electrons. The van der Waals surface area contributed by atoms with Gasteiger partial charge >= 0.3 is 6.18 Å². The molecule has 2 nitrogen and oxygen atoms in total. The van der Waals surface area contributed by atoms with Crippen LogP contribution in [0.1, 0.15) is 37.3 Å². The van der Waals surface area contributed by atoms with Crippen molar-refractivity contribution in [2.24, 2.45) is 5.92 Å². The number of hydrogen-bond donors (Lipinski definition) is 1. The van der Waals surface area contributed by atoms with Crippen LogP contribution in [0.5, 0.6) is 0 Å². The maximum absolute atomic E-state index is 12.8. The maximum Gasteiger partial charge on any atom is 0.416 e. The van der Waals surface area contributed by atoms with Crippen molar-refractivity contribution in [3.63, 3.8) is 0 Å². The second-order valence-electron chi connectivity index (χ2n) is 5.31. The predicted molar refractivity (Wildman–Crippen MR) is 78.4 cm³/mol. The molecule has 0 radical (unpaired) electrons. The molecular weight excluding hydrogens is 279 g/mol. The monoisotopic (exact) mass is 303 g/mol. The molecule has 0 amide bonds. The van der Waals surface area contributed by atoms with Crippen molar-refractivity contribution in [1.29, 1.82) is 0 Å². The fourth-order valence-corrected chi connectivity index (χ4v) is 2.31. The molecular formula is C16H24F3NO. The van der Waals surface area contributed by atoms with Gasteiger partial charge in [0.05, 0.1) is 12.2 Å². The van der Waals surface area contributed by atoms with E-state index in [9.17, 15) is 13.2 Å². The van der Waals surface area contributed by atoms with Gasteiger partial charge in [-0.3, -0.25) is 0 Å². The Morgan fingerprint density at radius 3 is 2.57 bits per heavy atom. The minimum atomic E-state index is -4.29. The minimum absolute atomic E-state index is 0.0640. The second-order valence-corrected chi connectivity index (χ2v) is 5.31. The average Bonchev–Trinajstić information content (AvgIpc) is 2.46. The molecule has 0 aromatic heterocycles. The lowest BCUT2D eigenvalue weighted by Crippen LogP contribution is -2.28. The highest BCUT2D eigenvalue weighted by molar-refractivity contribution is 5.29. The summed E-state index contributed by atoms with van der Waals surface area (Å²) in [6.45, 7) is 6.07. The van der Waals surface area contributed by atoms with Gasteiger partial charge in [-0.15, -0.1) is 0 Å². The summed E-state index contributed by atoms with van der Waals surface area (Å²) in [6, 6.07) is 5.66. The highest BCUT2D eigenvalue weighted by Crippen LogP contribution is 2.33. The molecule has 2 atom stereocenters. The molecule has 5 heteroatoms. The highest BCUT2D eigenvalue weighted by atomic mass is 19.4. The molecule has 1 rings (SSSR count). The molecule has 21 heavy (non-hydrogen) atoms. The SMILES string of the molecule is CCC(C)C(CNCCOC)c1cccc(C(F)(F)F)c1. The van der Waals surface area contributed by atoms with E-state index >= 15 is 0 Å². The van der Waals surface area contributed by atoms with Crippen LogP contribution in [0.4, 0.5) is 13.2 Å². The molecule has 2 unspecified atom stereocenters. The van der Waals surface area contributed by atoms with E-state index in [1.165, 1.54) is 12.1 Å². The van der Waals surface area contributed by atoms with Crippen molar-refractivity contribution in [3.8, 4) is 0 Å². The van der Waals surface area contributed by atoms with Gasteiger partial charge in [0, 0.05) is 20.2 Å². The van der Waals surface area contributed by atoms with E-state index in [1.54, 1.807) is 13.2 Å². The van der Waals surface area contributed by atoms with E-state index in [1.807, 2.05) is 0 Å². The fourth-order valence-electron chi connectivity index (χ4n) is 2.31. The second kappa shape index (κ2) is 8.39. The Labute approximate surface area is 124 Å². The van der Waals surface area contributed by atoms with E-state index in [2.05, 4.69) is 19.2 Å². The third kappa shape index (κ3) is 5.67. The number of ether oxygens (including phenoxy) is 1. The number of benzene rings is 1. The molecule has 0 fully saturated rings. The zero-order valence-corrected chi connectivity index (χ0v) is 12.8. The number of alkyl halides is 3. The highest BCUT2D eigenvalue weighted by Gasteiger charge is 2.31. The van der Waals surface area contributed by atoms with Gasteiger partial charge in [0.15, 0.2) is 0 Å². The van der Waals surface area contributed by atoms with Crippen molar-refractivity contribution in [2.75, 3.05) is 26.8 Å². The largest absolute Gasteiger partial charge is 0.416 e. The first-order valence-electron chi connectivity index (χ1n) is 7.27. The lowest BCUT2D eigenvalue weighted by Gasteiger charge is -2.25. The van der Waals surface area contributed by atoms with E-state index < -0.39 is 11.7 Å². The Morgan fingerprint density at radius 1 is 1.29 bits per heavy atom. The summed E-state index contributed by atoms with van der Waals surface area (Å²) in [6.07, 6.45) is -3.37. The van der Waals surface area contributed by atoms with Gasteiger partial charge in [0.25, 0.3) is 0 Å². The summed E-state index contributed by atoms with van der Waals surface area (Å²) < 4.78 is 43.5. The molecule has 0 aliphatic carbocycles. The van der Waals surface area contributed by atoms with Gasteiger partial charge in [-0.25, -0.2) is 0 Å². The summed E-state index contributed by atoms with van der Waals surface area (Å²) in [5.74, 6) is 0.373. The zero-order valence-electron chi connectivity index (χ0n) is 12.8. The van der Waals surface area contributed by atoms with Crippen LogP contribution in [0.3, 0.4) is 0 Å². The first-order chi connectivity index (χ1) is 9.90. The van der Waals surface area contributed by atoms with Crippen molar-refractivity contribution < 1.29 is 17.9 Å². The van der Waals surface area contributed by atoms with Crippen molar-refractivity contribution in [3.05, 3.63) is 35.4 Å². The molecule has 0 spiro atoms. The van der Waals surface area contributed by atoms with Crippen LogP contribution in [-0.2, 0) is 10.9 Å².